The zero-order valence-corrected chi connectivity index (χ0v) is 21.8. The van der Waals surface area contributed by atoms with Gasteiger partial charge in [0.1, 0.15) is 5.75 Å². The standard InChI is InChI=1S/C27H27N3O6S/c1-5-13-35-21-11-9-19(10-12-21)24-23(26(32)36-16(2)3)17(4)28-27-29(24)25(31)22(37-27)15-18-7-6-8-20(14-18)30(33)34/h6-12,14-16,24H,5,13H2,1-4H3. The summed E-state index contributed by atoms with van der Waals surface area (Å²) in [6, 6.07) is 12.6. The average molecular weight is 522 g/mol. The first kappa shape index (κ1) is 26.0. The van der Waals surface area contributed by atoms with Crippen LogP contribution in [0.3, 0.4) is 0 Å². The topological polar surface area (TPSA) is 113 Å². The van der Waals surface area contributed by atoms with Gasteiger partial charge in [-0.25, -0.2) is 9.79 Å². The van der Waals surface area contributed by atoms with Crippen LogP contribution in [0.25, 0.3) is 6.08 Å². The molecular weight excluding hydrogens is 494 g/mol. The number of fused-ring (bicyclic) bond motifs is 1. The van der Waals surface area contributed by atoms with Crippen LogP contribution in [0.4, 0.5) is 5.69 Å². The lowest BCUT2D eigenvalue weighted by atomic mass is 9.96. The highest BCUT2D eigenvalue weighted by molar-refractivity contribution is 7.07. The van der Waals surface area contributed by atoms with Crippen molar-refractivity contribution in [2.75, 3.05) is 6.61 Å². The number of esters is 1. The minimum atomic E-state index is -0.755. The molecule has 10 heteroatoms. The Morgan fingerprint density at radius 3 is 2.62 bits per heavy atom. The quantitative estimate of drug-likeness (QED) is 0.253. The smallest absolute Gasteiger partial charge is 0.338 e. The first-order valence-electron chi connectivity index (χ1n) is 11.9. The van der Waals surface area contributed by atoms with Gasteiger partial charge in [-0.2, -0.15) is 0 Å². The SMILES string of the molecule is CCCOc1ccc(C2C(C(=O)OC(C)C)=C(C)N=c3sc(=Cc4cccc([N+](=O)[O-])c4)c(=O)n32)cc1. The molecule has 0 bridgehead atoms. The fourth-order valence-electron chi connectivity index (χ4n) is 4.02. The zero-order valence-electron chi connectivity index (χ0n) is 21.0. The molecule has 0 radical (unpaired) electrons. The minimum Gasteiger partial charge on any atom is -0.494 e. The van der Waals surface area contributed by atoms with E-state index in [4.69, 9.17) is 9.47 Å². The molecule has 192 valence electrons. The second kappa shape index (κ2) is 10.9. The van der Waals surface area contributed by atoms with Gasteiger partial charge in [-0.15, -0.1) is 0 Å². The molecule has 0 saturated carbocycles. The van der Waals surface area contributed by atoms with Crippen molar-refractivity contribution < 1.29 is 19.2 Å². The predicted molar refractivity (Wildman–Crippen MR) is 140 cm³/mol. The van der Waals surface area contributed by atoms with Gasteiger partial charge < -0.3 is 9.47 Å². The minimum absolute atomic E-state index is 0.0701. The highest BCUT2D eigenvalue weighted by Crippen LogP contribution is 2.32. The third kappa shape index (κ3) is 5.54. The van der Waals surface area contributed by atoms with Crippen LogP contribution in [0.5, 0.6) is 5.75 Å². The Morgan fingerprint density at radius 1 is 1.24 bits per heavy atom. The van der Waals surface area contributed by atoms with Crippen molar-refractivity contribution in [3.05, 3.63) is 101 Å². The van der Waals surface area contributed by atoms with Crippen LogP contribution in [-0.2, 0) is 9.53 Å². The number of nitro groups is 1. The highest BCUT2D eigenvalue weighted by Gasteiger charge is 2.33. The van der Waals surface area contributed by atoms with Crippen LogP contribution in [0, 0.1) is 10.1 Å². The van der Waals surface area contributed by atoms with E-state index >= 15 is 0 Å². The van der Waals surface area contributed by atoms with E-state index in [1.165, 1.54) is 16.7 Å². The van der Waals surface area contributed by atoms with E-state index in [0.717, 1.165) is 17.8 Å². The Balaban J connectivity index is 1.88. The number of hydrogen-bond donors (Lipinski definition) is 0. The summed E-state index contributed by atoms with van der Waals surface area (Å²) in [7, 11) is 0. The summed E-state index contributed by atoms with van der Waals surface area (Å²) in [5.74, 6) is 0.149. The number of rotatable bonds is 8. The molecule has 0 amide bonds. The Labute approximate surface area is 217 Å². The summed E-state index contributed by atoms with van der Waals surface area (Å²) < 4.78 is 13.0. The molecule has 9 nitrogen and oxygen atoms in total. The largest absolute Gasteiger partial charge is 0.494 e. The first-order chi connectivity index (χ1) is 17.7. The fraction of sp³-hybridized carbons (Fsp3) is 0.296. The molecule has 1 atom stereocenters. The van der Waals surface area contributed by atoms with Crippen molar-refractivity contribution in [2.24, 2.45) is 4.99 Å². The lowest BCUT2D eigenvalue weighted by Crippen LogP contribution is -2.40. The third-order valence-corrected chi connectivity index (χ3v) is 6.61. The molecule has 1 aliphatic heterocycles. The molecule has 37 heavy (non-hydrogen) atoms. The van der Waals surface area contributed by atoms with Crippen LogP contribution in [-0.4, -0.2) is 28.2 Å². The van der Waals surface area contributed by atoms with Crippen LogP contribution in [0.1, 0.15) is 51.3 Å². The van der Waals surface area contributed by atoms with Crippen molar-refractivity contribution in [3.63, 3.8) is 0 Å². The van der Waals surface area contributed by atoms with E-state index < -0.39 is 16.9 Å². The number of nitro benzene ring substituents is 1. The Morgan fingerprint density at radius 2 is 1.97 bits per heavy atom. The summed E-state index contributed by atoms with van der Waals surface area (Å²) >= 11 is 1.16. The van der Waals surface area contributed by atoms with E-state index in [0.29, 0.717) is 38.5 Å². The van der Waals surface area contributed by atoms with Gasteiger partial charge in [0, 0.05) is 12.1 Å². The number of non-ortho nitro benzene ring substituents is 1. The lowest BCUT2D eigenvalue weighted by molar-refractivity contribution is -0.384. The van der Waals surface area contributed by atoms with Crippen molar-refractivity contribution in [1.29, 1.82) is 0 Å². The van der Waals surface area contributed by atoms with Gasteiger partial charge in [0.15, 0.2) is 4.80 Å². The van der Waals surface area contributed by atoms with Gasteiger partial charge in [-0.3, -0.25) is 19.5 Å². The molecule has 1 unspecified atom stereocenters. The number of allylic oxidation sites excluding steroid dienone is 1. The number of nitrogens with zero attached hydrogens (tertiary/aromatic N) is 3. The summed E-state index contributed by atoms with van der Waals surface area (Å²) in [5.41, 5.74) is 1.55. The van der Waals surface area contributed by atoms with Crippen LogP contribution < -0.4 is 19.6 Å². The Hall–Kier alpha value is -4.05. The van der Waals surface area contributed by atoms with E-state index in [2.05, 4.69) is 4.99 Å². The highest BCUT2D eigenvalue weighted by atomic mass is 32.1. The van der Waals surface area contributed by atoms with E-state index in [1.54, 1.807) is 39.0 Å². The molecule has 4 rings (SSSR count). The molecule has 2 heterocycles. The lowest BCUT2D eigenvalue weighted by Gasteiger charge is -2.25. The number of thiazole rings is 1. The second-order valence-electron chi connectivity index (χ2n) is 8.81. The van der Waals surface area contributed by atoms with Gasteiger partial charge in [0.2, 0.25) is 0 Å². The number of aromatic nitrogens is 1. The molecule has 3 aromatic rings. The maximum Gasteiger partial charge on any atom is 0.338 e. The number of ether oxygens (including phenoxy) is 2. The van der Waals surface area contributed by atoms with E-state index in [1.807, 2.05) is 31.2 Å². The fourth-order valence-corrected chi connectivity index (χ4v) is 5.07. The predicted octanol–water partition coefficient (Wildman–Crippen LogP) is 3.88. The van der Waals surface area contributed by atoms with Crippen molar-refractivity contribution in [3.8, 4) is 5.75 Å². The molecular formula is C27H27N3O6S. The van der Waals surface area contributed by atoms with Crippen LogP contribution in [0.2, 0.25) is 0 Å². The number of benzene rings is 2. The van der Waals surface area contributed by atoms with Crippen molar-refractivity contribution in [2.45, 2.75) is 46.3 Å². The zero-order chi connectivity index (χ0) is 26.7. The monoisotopic (exact) mass is 521 g/mol. The van der Waals surface area contributed by atoms with Gasteiger partial charge in [-0.05, 0) is 56.5 Å². The maximum atomic E-state index is 13.7. The molecule has 1 aromatic heterocycles. The Kier molecular flexibility index (Phi) is 7.68. The maximum absolute atomic E-state index is 13.7. The summed E-state index contributed by atoms with van der Waals surface area (Å²) in [4.78, 5) is 42.5. The van der Waals surface area contributed by atoms with Crippen molar-refractivity contribution in [1.82, 2.24) is 4.57 Å². The van der Waals surface area contributed by atoms with Gasteiger partial charge in [0.05, 0.1) is 39.5 Å². The molecule has 0 saturated heterocycles. The molecule has 0 fully saturated rings. The van der Waals surface area contributed by atoms with Gasteiger partial charge in [0.25, 0.3) is 11.2 Å². The number of carbonyl (C=O) groups is 1. The molecule has 1 aliphatic rings. The second-order valence-corrected chi connectivity index (χ2v) is 9.81. The van der Waals surface area contributed by atoms with Crippen molar-refractivity contribution >= 4 is 29.1 Å². The third-order valence-electron chi connectivity index (χ3n) is 5.63. The number of hydrogen-bond acceptors (Lipinski definition) is 8. The first-order valence-corrected chi connectivity index (χ1v) is 12.7. The number of carbonyl (C=O) groups excluding carboxylic acids is 1. The van der Waals surface area contributed by atoms with Crippen LogP contribution >= 0.6 is 11.3 Å². The molecule has 2 aromatic carbocycles. The van der Waals surface area contributed by atoms with Gasteiger partial charge in [-0.1, -0.05) is 42.5 Å². The van der Waals surface area contributed by atoms with E-state index in [9.17, 15) is 19.7 Å². The molecule has 0 aliphatic carbocycles. The summed E-state index contributed by atoms with van der Waals surface area (Å²) in [6.45, 7) is 7.85. The normalized spacial score (nSPS) is 15.4. The average Bonchev–Trinajstić information content (AvgIpc) is 3.16. The Bertz CT molecular complexity index is 1550. The van der Waals surface area contributed by atoms with Crippen LogP contribution in [0.15, 0.2) is 69.6 Å². The molecule has 0 N–H and O–H groups in total. The van der Waals surface area contributed by atoms with E-state index in [-0.39, 0.29) is 22.9 Å². The summed E-state index contributed by atoms with van der Waals surface area (Å²) in [6.07, 6.45) is 2.12. The summed E-state index contributed by atoms with van der Waals surface area (Å²) in [5, 5.41) is 11.2. The van der Waals surface area contributed by atoms with Gasteiger partial charge >= 0.3 is 5.97 Å². The molecule has 0 spiro atoms.